The maximum absolute atomic E-state index is 11.6. The summed E-state index contributed by atoms with van der Waals surface area (Å²) in [6.07, 6.45) is 1.86. The predicted molar refractivity (Wildman–Crippen MR) is 71.9 cm³/mol. The number of nitro groups is 1. The lowest BCUT2D eigenvalue weighted by Gasteiger charge is -2.23. The van der Waals surface area contributed by atoms with Crippen LogP contribution in [0.1, 0.15) is 23.2 Å². The minimum atomic E-state index is -0.541. The van der Waals surface area contributed by atoms with E-state index >= 15 is 0 Å². The molecule has 0 aromatic heterocycles. The van der Waals surface area contributed by atoms with Crippen LogP contribution >= 0.6 is 0 Å². The predicted octanol–water partition coefficient (Wildman–Crippen LogP) is 1.34. The zero-order chi connectivity index (χ0) is 14.7. The molecule has 1 N–H and O–H groups in total. The fraction of sp³-hybridized carbons (Fsp3) is 0.462. The number of anilines is 1. The minimum Gasteiger partial charge on any atom is -0.465 e. The standard InChI is InChI=1S/C13H16N2O5/c1-20-13(17)9-2-5-11(15(18)19)12(8-9)14(6-7-16)10-3-4-10/h2,5,8,10,16H,3-4,6-7H2,1H3. The summed E-state index contributed by atoms with van der Waals surface area (Å²) in [7, 11) is 1.26. The molecule has 0 bridgehead atoms. The maximum Gasteiger partial charge on any atom is 0.337 e. The van der Waals surface area contributed by atoms with Crippen LogP contribution < -0.4 is 4.90 Å². The molecule has 1 fully saturated rings. The molecule has 1 aliphatic rings. The molecule has 0 spiro atoms. The Kier molecular flexibility index (Phi) is 4.19. The first-order valence-corrected chi connectivity index (χ1v) is 6.32. The van der Waals surface area contributed by atoms with Crippen LogP contribution in [-0.2, 0) is 4.74 Å². The van der Waals surface area contributed by atoms with Gasteiger partial charge in [-0.2, -0.15) is 0 Å². The van der Waals surface area contributed by atoms with E-state index in [0.717, 1.165) is 12.8 Å². The molecule has 1 aliphatic carbocycles. The molecule has 0 radical (unpaired) electrons. The molecule has 0 amide bonds. The van der Waals surface area contributed by atoms with Gasteiger partial charge in [-0.3, -0.25) is 10.1 Å². The fourth-order valence-electron chi connectivity index (χ4n) is 2.15. The lowest BCUT2D eigenvalue weighted by atomic mass is 10.1. The monoisotopic (exact) mass is 280 g/mol. The summed E-state index contributed by atoms with van der Waals surface area (Å²) in [6, 6.07) is 4.32. The molecule has 2 rings (SSSR count). The Hall–Kier alpha value is -2.15. The largest absolute Gasteiger partial charge is 0.465 e. The number of carbonyl (C=O) groups excluding carboxylic acids is 1. The van der Waals surface area contributed by atoms with E-state index in [-0.39, 0.29) is 23.9 Å². The van der Waals surface area contributed by atoms with Gasteiger partial charge >= 0.3 is 5.97 Å². The number of benzene rings is 1. The second-order valence-corrected chi connectivity index (χ2v) is 4.60. The SMILES string of the molecule is COC(=O)c1ccc([N+](=O)[O-])c(N(CCO)C2CC2)c1. The van der Waals surface area contributed by atoms with Gasteiger partial charge in [0, 0.05) is 18.7 Å². The average molecular weight is 280 g/mol. The summed E-state index contributed by atoms with van der Waals surface area (Å²) in [6.45, 7) is 0.201. The van der Waals surface area contributed by atoms with Gasteiger partial charge in [0.1, 0.15) is 5.69 Å². The number of esters is 1. The average Bonchev–Trinajstić information content (AvgIpc) is 3.27. The van der Waals surface area contributed by atoms with Crippen LogP contribution in [0, 0.1) is 10.1 Å². The van der Waals surface area contributed by atoms with Crippen LogP contribution in [0.15, 0.2) is 18.2 Å². The van der Waals surface area contributed by atoms with Crippen LogP contribution in [0.5, 0.6) is 0 Å². The number of aliphatic hydroxyl groups is 1. The van der Waals surface area contributed by atoms with Gasteiger partial charge < -0.3 is 14.7 Å². The first kappa shape index (κ1) is 14.3. The van der Waals surface area contributed by atoms with Crippen LogP contribution in [0.25, 0.3) is 0 Å². The van der Waals surface area contributed by atoms with Crippen LogP contribution in [0.4, 0.5) is 11.4 Å². The molecule has 0 saturated heterocycles. The van der Waals surface area contributed by atoms with Gasteiger partial charge in [0.05, 0.1) is 24.2 Å². The first-order valence-electron chi connectivity index (χ1n) is 6.32. The lowest BCUT2D eigenvalue weighted by molar-refractivity contribution is -0.384. The van der Waals surface area contributed by atoms with Gasteiger partial charge in [0.2, 0.25) is 0 Å². The molecule has 20 heavy (non-hydrogen) atoms. The molecule has 1 saturated carbocycles. The zero-order valence-electron chi connectivity index (χ0n) is 11.1. The molecule has 0 heterocycles. The molecule has 0 aliphatic heterocycles. The highest BCUT2D eigenvalue weighted by molar-refractivity contribution is 5.91. The molecule has 108 valence electrons. The molecular formula is C13H16N2O5. The maximum atomic E-state index is 11.6. The molecular weight excluding hydrogens is 264 g/mol. The molecule has 7 heteroatoms. The number of nitro benzene ring substituents is 1. The van der Waals surface area contributed by atoms with Crippen molar-refractivity contribution in [3.8, 4) is 0 Å². The third kappa shape index (κ3) is 2.88. The normalized spacial score (nSPS) is 13.9. The van der Waals surface area contributed by atoms with Crippen molar-refractivity contribution < 1.29 is 19.6 Å². The summed E-state index contributed by atoms with van der Waals surface area (Å²) in [4.78, 5) is 24.0. The number of hydrogen-bond donors (Lipinski definition) is 1. The Morgan fingerprint density at radius 2 is 2.25 bits per heavy atom. The van der Waals surface area contributed by atoms with Gasteiger partial charge in [-0.25, -0.2) is 4.79 Å². The first-order chi connectivity index (χ1) is 9.58. The van der Waals surface area contributed by atoms with E-state index in [1.54, 1.807) is 4.90 Å². The number of methoxy groups -OCH3 is 1. The van der Waals surface area contributed by atoms with Crippen LogP contribution in [0.3, 0.4) is 0 Å². The molecule has 1 aromatic rings. The van der Waals surface area contributed by atoms with Crippen molar-refractivity contribution in [1.82, 2.24) is 0 Å². The van der Waals surface area contributed by atoms with Crippen molar-refractivity contribution in [1.29, 1.82) is 0 Å². The summed E-state index contributed by atoms with van der Waals surface area (Å²) >= 11 is 0. The Bertz CT molecular complexity index is 527. The van der Waals surface area contributed by atoms with Gasteiger partial charge in [-0.1, -0.05) is 0 Å². The molecule has 0 unspecified atom stereocenters. The van der Waals surface area contributed by atoms with Crippen molar-refractivity contribution in [2.45, 2.75) is 18.9 Å². The van der Waals surface area contributed by atoms with E-state index in [1.807, 2.05) is 0 Å². The van der Waals surface area contributed by atoms with Crippen molar-refractivity contribution in [3.05, 3.63) is 33.9 Å². The third-order valence-corrected chi connectivity index (χ3v) is 3.23. The van der Waals surface area contributed by atoms with E-state index in [9.17, 15) is 14.9 Å². The summed E-state index contributed by atoms with van der Waals surface area (Å²) in [5, 5.41) is 20.3. The second kappa shape index (κ2) is 5.87. The third-order valence-electron chi connectivity index (χ3n) is 3.23. The number of aliphatic hydroxyl groups excluding tert-OH is 1. The summed E-state index contributed by atoms with van der Waals surface area (Å²) < 4.78 is 4.63. The van der Waals surface area contributed by atoms with E-state index in [2.05, 4.69) is 4.74 Å². The minimum absolute atomic E-state index is 0.0713. The highest BCUT2D eigenvalue weighted by Gasteiger charge is 2.33. The highest BCUT2D eigenvalue weighted by Crippen LogP contribution is 2.37. The van der Waals surface area contributed by atoms with Gasteiger partial charge in [-0.05, 0) is 25.0 Å². The van der Waals surface area contributed by atoms with E-state index in [0.29, 0.717) is 12.2 Å². The summed E-state index contributed by atoms with van der Waals surface area (Å²) in [5.41, 5.74) is 0.546. The van der Waals surface area contributed by atoms with E-state index in [4.69, 9.17) is 5.11 Å². The molecule has 1 aromatic carbocycles. The van der Waals surface area contributed by atoms with E-state index in [1.165, 1.54) is 25.3 Å². The van der Waals surface area contributed by atoms with E-state index < -0.39 is 10.9 Å². The van der Waals surface area contributed by atoms with Gasteiger partial charge in [-0.15, -0.1) is 0 Å². The quantitative estimate of drug-likeness (QED) is 0.480. The number of hydrogen-bond acceptors (Lipinski definition) is 6. The van der Waals surface area contributed by atoms with Crippen molar-refractivity contribution in [2.75, 3.05) is 25.2 Å². The molecule has 0 atom stereocenters. The Labute approximate surface area is 115 Å². The highest BCUT2D eigenvalue weighted by atomic mass is 16.6. The van der Waals surface area contributed by atoms with Gasteiger partial charge in [0.15, 0.2) is 0 Å². The van der Waals surface area contributed by atoms with Crippen molar-refractivity contribution in [3.63, 3.8) is 0 Å². The Morgan fingerprint density at radius 1 is 1.55 bits per heavy atom. The number of nitrogens with zero attached hydrogens (tertiary/aromatic N) is 2. The lowest BCUT2D eigenvalue weighted by Crippen LogP contribution is -2.29. The fourth-order valence-corrected chi connectivity index (χ4v) is 2.15. The van der Waals surface area contributed by atoms with Crippen molar-refractivity contribution in [2.24, 2.45) is 0 Å². The second-order valence-electron chi connectivity index (χ2n) is 4.60. The Morgan fingerprint density at radius 3 is 2.75 bits per heavy atom. The van der Waals surface area contributed by atoms with Crippen molar-refractivity contribution >= 4 is 17.3 Å². The Balaban J connectivity index is 2.44. The molecule has 7 nitrogen and oxygen atoms in total. The number of rotatable bonds is 6. The van der Waals surface area contributed by atoms with Crippen LogP contribution in [0.2, 0.25) is 0 Å². The zero-order valence-corrected chi connectivity index (χ0v) is 11.1. The topological polar surface area (TPSA) is 92.9 Å². The smallest absolute Gasteiger partial charge is 0.337 e. The summed E-state index contributed by atoms with van der Waals surface area (Å²) in [5.74, 6) is -0.541. The van der Waals surface area contributed by atoms with Crippen LogP contribution in [-0.4, -0.2) is 42.3 Å². The van der Waals surface area contributed by atoms with Gasteiger partial charge in [0.25, 0.3) is 5.69 Å². The number of ether oxygens (including phenoxy) is 1. The number of carbonyl (C=O) groups is 1.